The minimum absolute atomic E-state index is 0.305. The second-order valence-corrected chi connectivity index (χ2v) is 5.57. The minimum atomic E-state index is -0.305. The van der Waals surface area contributed by atoms with Crippen LogP contribution in [0, 0.1) is 32.1 Å². The van der Waals surface area contributed by atoms with Crippen molar-refractivity contribution in [1.82, 2.24) is 5.32 Å². The highest BCUT2D eigenvalue weighted by molar-refractivity contribution is 5.89. The Morgan fingerprint density at radius 1 is 1.08 bits per heavy atom. The molecule has 0 fully saturated rings. The summed E-state index contributed by atoms with van der Waals surface area (Å²) in [6.45, 7) is 6.88. The molecule has 0 saturated heterocycles. The Morgan fingerprint density at radius 3 is 2.42 bits per heavy atom. The van der Waals surface area contributed by atoms with Crippen LogP contribution in [0.1, 0.15) is 22.3 Å². The molecule has 0 aliphatic carbocycles. The summed E-state index contributed by atoms with van der Waals surface area (Å²) in [6, 6.07) is 12.5. The average molecular weight is 323 g/mol. The lowest BCUT2D eigenvalue weighted by Gasteiger charge is -2.14. The molecule has 0 spiro atoms. The molecule has 2 rings (SSSR count). The summed E-state index contributed by atoms with van der Waals surface area (Å²) >= 11 is 0. The standard InChI is InChI=1S/C19H21N3O2/c1-13-4-5-14(2)18(15(13)3)24-11-10-21-19(23)22-17-8-6-16(12-20)7-9-17/h4-9H,10-11H2,1-3H3,(H2,21,22,23). The average Bonchev–Trinajstić information content (AvgIpc) is 2.58. The third-order valence-electron chi connectivity index (χ3n) is 3.78. The van der Waals surface area contributed by atoms with Gasteiger partial charge in [-0.3, -0.25) is 0 Å². The summed E-state index contributed by atoms with van der Waals surface area (Å²) < 4.78 is 5.80. The first-order valence-corrected chi connectivity index (χ1v) is 7.76. The van der Waals surface area contributed by atoms with Crippen molar-refractivity contribution in [2.75, 3.05) is 18.5 Å². The van der Waals surface area contributed by atoms with Crippen LogP contribution in [0.2, 0.25) is 0 Å². The zero-order valence-corrected chi connectivity index (χ0v) is 14.1. The van der Waals surface area contributed by atoms with Gasteiger partial charge in [-0.2, -0.15) is 5.26 Å². The summed E-state index contributed by atoms with van der Waals surface area (Å²) in [4.78, 5) is 11.8. The first kappa shape index (κ1) is 17.4. The van der Waals surface area contributed by atoms with E-state index in [1.54, 1.807) is 24.3 Å². The number of carbonyl (C=O) groups excluding carboxylic acids is 1. The Morgan fingerprint density at radius 2 is 1.75 bits per heavy atom. The molecule has 5 heteroatoms. The molecule has 0 heterocycles. The molecule has 2 amide bonds. The second kappa shape index (κ2) is 8.02. The number of hydrogen-bond donors (Lipinski definition) is 2. The molecular formula is C19H21N3O2. The Hall–Kier alpha value is -3.00. The van der Waals surface area contributed by atoms with E-state index in [9.17, 15) is 4.79 Å². The number of anilines is 1. The van der Waals surface area contributed by atoms with E-state index >= 15 is 0 Å². The van der Waals surface area contributed by atoms with Gasteiger partial charge in [0.2, 0.25) is 0 Å². The number of aryl methyl sites for hydroxylation is 2. The lowest BCUT2D eigenvalue weighted by molar-refractivity contribution is 0.247. The van der Waals surface area contributed by atoms with Crippen molar-refractivity contribution in [1.29, 1.82) is 5.26 Å². The third kappa shape index (κ3) is 4.50. The molecule has 0 atom stereocenters. The van der Waals surface area contributed by atoms with Gasteiger partial charge in [0.1, 0.15) is 12.4 Å². The van der Waals surface area contributed by atoms with E-state index in [-0.39, 0.29) is 6.03 Å². The molecule has 24 heavy (non-hydrogen) atoms. The molecule has 124 valence electrons. The Kier molecular flexibility index (Phi) is 5.80. The van der Waals surface area contributed by atoms with Gasteiger partial charge in [-0.05, 0) is 61.7 Å². The van der Waals surface area contributed by atoms with E-state index in [1.165, 1.54) is 5.56 Å². The van der Waals surface area contributed by atoms with Crippen LogP contribution in [0.15, 0.2) is 36.4 Å². The normalized spacial score (nSPS) is 9.92. The van der Waals surface area contributed by atoms with Crippen LogP contribution in [0.25, 0.3) is 0 Å². The number of carbonyl (C=O) groups is 1. The molecular weight excluding hydrogens is 302 g/mol. The lowest BCUT2D eigenvalue weighted by atomic mass is 10.1. The van der Waals surface area contributed by atoms with E-state index < -0.39 is 0 Å². The predicted molar refractivity (Wildman–Crippen MR) is 94.3 cm³/mol. The molecule has 0 bridgehead atoms. The van der Waals surface area contributed by atoms with Gasteiger partial charge < -0.3 is 15.4 Å². The zero-order chi connectivity index (χ0) is 17.5. The van der Waals surface area contributed by atoms with Crippen molar-refractivity contribution in [3.63, 3.8) is 0 Å². The van der Waals surface area contributed by atoms with Crippen LogP contribution in [0.3, 0.4) is 0 Å². The molecule has 2 N–H and O–H groups in total. The highest BCUT2D eigenvalue weighted by Gasteiger charge is 2.07. The fourth-order valence-corrected chi connectivity index (χ4v) is 2.27. The van der Waals surface area contributed by atoms with Gasteiger partial charge in [0.15, 0.2) is 0 Å². The topological polar surface area (TPSA) is 74.2 Å². The number of rotatable bonds is 5. The third-order valence-corrected chi connectivity index (χ3v) is 3.78. The summed E-state index contributed by atoms with van der Waals surface area (Å²) in [5.74, 6) is 0.879. The highest BCUT2D eigenvalue weighted by atomic mass is 16.5. The number of nitrogens with one attached hydrogen (secondary N) is 2. The predicted octanol–water partition coefficient (Wildman–Crippen LogP) is 3.68. The first-order valence-electron chi connectivity index (χ1n) is 7.76. The van der Waals surface area contributed by atoms with Crippen molar-refractivity contribution >= 4 is 11.7 Å². The number of nitrogens with zero attached hydrogens (tertiary/aromatic N) is 1. The molecule has 0 aromatic heterocycles. The fourth-order valence-electron chi connectivity index (χ4n) is 2.27. The van der Waals surface area contributed by atoms with Crippen molar-refractivity contribution in [2.45, 2.75) is 20.8 Å². The maximum absolute atomic E-state index is 11.8. The van der Waals surface area contributed by atoms with Gasteiger partial charge in [-0.25, -0.2) is 4.79 Å². The van der Waals surface area contributed by atoms with Gasteiger partial charge in [-0.15, -0.1) is 0 Å². The van der Waals surface area contributed by atoms with Crippen LogP contribution >= 0.6 is 0 Å². The van der Waals surface area contributed by atoms with Crippen molar-refractivity contribution in [2.24, 2.45) is 0 Å². The van der Waals surface area contributed by atoms with Crippen LogP contribution < -0.4 is 15.4 Å². The molecule has 0 aliphatic rings. The van der Waals surface area contributed by atoms with E-state index in [1.807, 2.05) is 32.9 Å². The van der Waals surface area contributed by atoms with Gasteiger partial charge in [-0.1, -0.05) is 12.1 Å². The van der Waals surface area contributed by atoms with Gasteiger partial charge in [0.05, 0.1) is 18.2 Å². The molecule has 0 saturated carbocycles. The minimum Gasteiger partial charge on any atom is -0.491 e. The maximum atomic E-state index is 11.8. The molecule has 2 aromatic carbocycles. The van der Waals surface area contributed by atoms with Crippen LogP contribution in [0.5, 0.6) is 5.75 Å². The number of nitriles is 1. The van der Waals surface area contributed by atoms with Gasteiger partial charge in [0.25, 0.3) is 0 Å². The lowest BCUT2D eigenvalue weighted by Crippen LogP contribution is -2.32. The molecule has 0 unspecified atom stereocenters. The number of urea groups is 1. The maximum Gasteiger partial charge on any atom is 0.319 e. The van der Waals surface area contributed by atoms with Crippen LogP contribution in [-0.4, -0.2) is 19.2 Å². The number of hydrogen-bond acceptors (Lipinski definition) is 3. The van der Waals surface area contributed by atoms with Crippen molar-refractivity contribution in [3.8, 4) is 11.8 Å². The van der Waals surface area contributed by atoms with E-state index in [0.29, 0.717) is 24.4 Å². The Labute approximate surface area is 142 Å². The zero-order valence-electron chi connectivity index (χ0n) is 14.1. The fraction of sp³-hybridized carbons (Fsp3) is 0.263. The van der Waals surface area contributed by atoms with Crippen LogP contribution in [0.4, 0.5) is 10.5 Å². The van der Waals surface area contributed by atoms with E-state index in [4.69, 9.17) is 10.00 Å². The van der Waals surface area contributed by atoms with Gasteiger partial charge in [0, 0.05) is 5.69 Å². The summed E-state index contributed by atoms with van der Waals surface area (Å²) in [5, 5.41) is 14.2. The molecule has 0 aliphatic heterocycles. The van der Waals surface area contributed by atoms with Crippen LogP contribution in [-0.2, 0) is 0 Å². The Bertz CT molecular complexity index is 761. The first-order chi connectivity index (χ1) is 11.5. The van der Waals surface area contributed by atoms with Gasteiger partial charge >= 0.3 is 6.03 Å². The number of amides is 2. The van der Waals surface area contributed by atoms with Crippen molar-refractivity contribution < 1.29 is 9.53 Å². The number of ether oxygens (including phenoxy) is 1. The smallest absolute Gasteiger partial charge is 0.319 e. The highest BCUT2D eigenvalue weighted by Crippen LogP contribution is 2.25. The largest absolute Gasteiger partial charge is 0.491 e. The van der Waals surface area contributed by atoms with Crippen molar-refractivity contribution in [3.05, 3.63) is 58.7 Å². The second-order valence-electron chi connectivity index (χ2n) is 5.57. The summed E-state index contributed by atoms with van der Waals surface area (Å²) in [7, 11) is 0. The summed E-state index contributed by atoms with van der Waals surface area (Å²) in [5.41, 5.74) is 4.58. The Balaban J connectivity index is 1.79. The SMILES string of the molecule is Cc1ccc(C)c(OCCNC(=O)Nc2ccc(C#N)cc2)c1C. The quantitative estimate of drug-likeness (QED) is 0.824. The molecule has 0 radical (unpaired) electrons. The number of benzene rings is 2. The van der Waals surface area contributed by atoms with E-state index in [2.05, 4.69) is 16.7 Å². The molecule has 2 aromatic rings. The van der Waals surface area contributed by atoms with E-state index in [0.717, 1.165) is 16.9 Å². The summed E-state index contributed by atoms with van der Waals surface area (Å²) in [6.07, 6.45) is 0. The molecule has 5 nitrogen and oxygen atoms in total. The monoisotopic (exact) mass is 323 g/mol.